The lowest BCUT2D eigenvalue weighted by Crippen LogP contribution is -2.09. The predicted molar refractivity (Wildman–Crippen MR) is 117 cm³/mol. The molecule has 0 unspecified atom stereocenters. The van der Waals surface area contributed by atoms with Crippen LogP contribution in [0.1, 0.15) is 26.3 Å². The molecule has 3 aromatic rings. The van der Waals surface area contributed by atoms with E-state index < -0.39 is 5.97 Å². The van der Waals surface area contributed by atoms with Crippen molar-refractivity contribution in [3.8, 4) is 23.0 Å². The number of ketones is 1. The van der Waals surface area contributed by atoms with Gasteiger partial charge in [-0.25, -0.2) is 4.79 Å². The molecule has 0 heterocycles. The van der Waals surface area contributed by atoms with Crippen molar-refractivity contribution < 1.29 is 28.5 Å². The highest BCUT2D eigenvalue weighted by Gasteiger charge is 2.13. The highest BCUT2D eigenvalue weighted by atomic mass is 16.5. The zero-order valence-corrected chi connectivity index (χ0v) is 17.5. The highest BCUT2D eigenvalue weighted by Crippen LogP contribution is 2.28. The van der Waals surface area contributed by atoms with Gasteiger partial charge in [0.2, 0.25) is 0 Å². The van der Waals surface area contributed by atoms with Crippen LogP contribution in [0, 0.1) is 0 Å². The number of hydrogen-bond donors (Lipinski definition) is 0. The largest absolute Gasteiger partial charge is 0.497 e. The van der Waals surface area contributed by atoms with E-state index in [1.54, 1.807) is 55.7 Å². The first kappa shape index (κ1) is 21.6. The molecular formula is C25H22O6. The van der Waals surface area contributed by atoms with Gasteiger partial charge in [-0.15, -0.1) is 0 Å². The predicted octanol–water partition coefficient (Wildman–Crippen LogP) is 4.83. The third kappa shape index (κ3) is 5.51. The van der Waals surface area contributed by atoms with Crippen molar-refractivity contribution >= 4 is 17.8 Å². The molecule has 0 N–H and O–H groups in total. The van der Waals surface area contributed by atoms with Gasteiger partial charge in [-0.1, -0.05) is 18.2 Å². The van der Waals surface area contributed by atoms with Crippen molar-refractivity contribution in [2.45, 2.75) is 0 Å². The maximum Gasteiger partial charge on any atom is 0.343 e. The van der Waals surface area contributed by atoms with Crippen molar-refractivity contribution in [2.75, 3.05) is 21.3 Å². The molecule has 3 rings (SSSR count). The summed E-state index contributed by atoms with van der Waals surface area (Å²) < 4.78 is 20.9. The third-order valence-electron chi connectivity index (χ3n) is 4.51. The van der Waals surface area contributed by atoms with E-state index in [9.17, 15) is 9.59 Å². The number of esters is 1. The van der Waals surface area contributed by atoms with Crippen LogP contribution in [0.25, 0.3) is 6.08 Å². The molecule has 0 aliphatic heterocycles. The molecule has 0 aliphatic carbocycles. The number of allylic oxidation sites excluding steroid dienone is 1. The monoisotopic (exact) mass is 418 g/mol. The summed E-state index contributed by atoms with van der Waals surface area (Å²) in [6, 6.07) is 18.5. The second-order valence-corrected chi connectivity index (χ2v) is 6.45. The first-order chi connectivity index (χ1) is 15.0. The van der Waals surface area contributed by atoms with Crippen molar-refractivity contribution in [3.05, 3.63) is 89.5 Å². The van der Waals surface area contributed by atoms with Gasteiger partial charge in [0.15, 0.2) is 17.3 Å². The minimum Gasteiger partial charge on any atom is -0.497 e. The van der Waals surface area contributed by atoms with Gasteiger partial charge in [-0.2, -0.15) is 0 Å². The summed E-state index contributed by atoms with van der Waals surface area (Å²) in [5, 5.41) is 0. The van der Waals surface area contributed by atoms with Crippen molar-refractivity contribution in [1.29, 1.82) is 0 Å². The van der Waals surface area contributed by atoms with Gasteiger partial charge in [0.05, 0.1) is 26.9 Å². The molecule has 0 aromatic heterocycles. The van der Waals surface area contributed by atoms with Crippen molar-refractivity contribution in [3.63, 3.8) is 0 Å². The lowest BCUT2D eigenvalue weighted by Gasteiger charge is -2.09. The van der Waals surface area contributed by atoms with Gasteiger partial charge in [0.25, 0.3) is 0 Å². The maximum atomic E-state index is 12.4. The van der Waals surface area contributed by atoms with Crippen LogP contribution < -0.4 is 18.9 Å². The Morgan fingerprint density at radius 3 is 1.90 bits per heavy atom. The van der Waals surface area contributed by atoms with Crippen LogP contribution in [0.15, 0.2) is 72.8 Å². The van der Waals surface area contributed by atoms with Crippen molar-refractivity contribution in [2.24, 2.45) is 0 Å². The Balaban J connectivity index is 1.64. The van der Waals surface area contributed by atoms with Crippen LogP contribution in [0.4, 0.5) is 0 Å². The standard InChI is InChI=1S/C25H22O6/c1-28-20-10-4-17(5-11-20)6-14-22(26)18-7-12-21(13-8-18)31-25(27)19-9-15-23(29-2)24(16-19)30-3/h4-16H,1-3H3. The molecule has 0 saturated carbocycles. The summed E-state index contributed by atoms with van der Waals surface area (Å²) in [5.41, 5.74) is 1.69. The van der Waals surface area contributed by atoms with E-state index >= 15 is 0 Å². The Bertz CT molecular complexity index is 1080. The molecule has 0 bridgehead atoms. The Morgan fingerprint density at radius 2 is 1.29 bits per heavy atom. The molecule has 31 heavy (non-hydrogen) atoms. The average molecular weight is 418 g/mol. The number of carbonyl (C=O) groups is 2. The van der Waals surface area contributed by atoms with Crippen molar-refractivity contribution in [1.82, 2.24) is 0 Å². The molecule has 158 valence electrons. The van der Waals surface area contributed by atoms with E-state index in [0.29, 0.717) is 28.4 Å². The number of hydrogen-bond acceptors (Lipinski definition) is 6. The Morgan fingerprint density at radius 1 is 0.677 bits per heavy atom. The van der Waals surface area contributed by atoms with E-state index in [0.717, 1.165) is 11.3 Å². The molecular weight excluding hydrogens is 396 g/mol. The second kappa shape index (κ2) is 10.1. The van der Waals surface area contributed by atoms with Crippen LogP contribution in [0.5, 0.6) is 23.0 Å². The van der Waals surface area contributed by atoms with Gasteiger partial charge >= 0.3 is 5.97 Å². The molecule has 0 amide bonds. The number of ether oxygens (including phenoxy) is 4. The summed E-state index contributed by atoms with van der Waals surface area (Å²) in [7, 11) is 4.61. The van der Waals surface area contributed by atoms with Gasteiger partial charge < -0.3 is 18.9 Å². The molecule has 0 atom stereocenters. The zero-order valence-electron chi connectivity index (χ0n) is 17.5. The topological polar surface area (TPSA) is 71.1 Å². The normalized spacial score (nSPS) is 10.5. The Kier molecular flexibility index (Phi) is 7.06. The number of carbonyl (C=O) groups excluding carboxylic acids is 2. The molecule has 0 fully saturated rings. The molecule has 6 nitrogen and oxygen atoms in total. The fourth-order valence-corrected chi connectivity index (χ4v) is 2.80. The van der Waals surface area contributed by atoms with Gasteiger partial charge in [0.1, 0.15) is 11.5 Å². The number of methoxy groups -OCH3 is 3. The average Bonchev–Trinajstić information content (AvgIpc) is 2.82. The minimum absolute atomic E-state index is 0.159. The van der Waals surface area contributed by atoms with Crippen LogP contribution in [-0.2, 0) is 0 Å². The highest BCUT2D eigenvalue weighted by molar-refractivity contribution is 6.06. The summed E-state index contributed by atoms with van der Waals surface area (Å²) >= 11 is 0. The molecule has 0 radical (unpaired) electrons. The molecule has 0 saturated heterocycles. The van der Waals surface area contributed by atoms with Crippen LogP contribution >= 0.6 is 0 Å². The molecule has 0 aliphatic rings. The van der Waals surface area contributed by atoms with Crippen LogP contribution in [0.3, 0.4) is 0 Å². The Labute approximate surface area is 180 Å². The summed E-state index contributed by atoms with van der Waals surface area (Å²) in [4.78, 5) is 24.8. The van der Waals surface area contributed by atoms with E-state index in [1.165, 1.54) is 20.3 Å². The van der Waals surface area contributed by atoms with E-state index in [-0.39, 0.29) is 5.78 Å². The summed E-state index contributed by atoms with van der Waals surface area (Å²) in [6.45, 7) is 0. The van der Waals surface area contributed by atoms with E-state index in [2.05, 4.69) is 0 Å². The fourth-order valence-electron chi connectivity index (χ4n) is 2.80. The van der Waals surface area contributed by atoms with E-state index in [1.807, 2.05) is 24.3 Å². The third-order valence-corrected chi connectivity index (χ3v) is 4.51. The second-order valence-electron chi connectivity index (χ2n) is 6.45. The molecule has 3 aromatic carbocycles. The van der Waals surface area contributed by atoms with Gasteiger partial charge in [0, 0.05) is 5.56 Å². The first-order valence-electron chi connectivity index (χ1n) is 9.45. The lowest BCUT2D eigenvalue weighted by molar-refractivity contribution is 0.0734. The number of benzene rings is 3. The van der Waals surface area contributed by atoms with Crippen LogP contribution in [-0.4, -0.2) is 33.1 Å². The van der Waals surface area contributed by atoms with Crippen LogP contribution in [0.2, 0.25) is 0 Å². The SMILES string of the molecule is COc1ccc(C=CC(=O)c2ccc(OC(=O)c3ccc(OC)c(OC)c3)cc2)cc1. The number of rotatable bonds is 8. The summed E-state index contributed by atoms with van der Waals surface area (Å²) in [5.74, 6) is 1.33. The lowest BCUT2D eigenvalue weighted by atomic mass is 10.1. The van der Waals surface area contributed by atoms with Gasteiger partial charge in [-0.3, -0.25) is 4.79 Å². The smallest absolute Gasteiger partial charge is 0.343 e. The van der Waals surface area contributed by atoms with E-state index in [4.69, 9.17) is 18.9 Å². The molecule has 0 spiro atoms. The molecule has 6 heteroatoms. The zero-order chi connectivity index (χ0) is 22.2. The summed E-state index contributed by atoms with van der Waals surface area (Å²) in [6.07, 6.45) is 3.22. The minimum atomic E-state index is -0.542. The first-order valence-corrected chi connectivity index (χ1v) is 9.45. The quantitative estimate of drug-likeness (QED) is 0.226. The van der Waals surface area contributed by atoms with Gasteiger partial charge in [-0.05, 0) is 66.2 Å². The maximum absolute atomic E-state index is 12.4. The Hall–Kier alpha value is -4.06. The fraction of sp³-hybridized carbons (Fsp3) is 0.120.